The minimum Gasteiger partial charge on any atom is -0.374 e. The lowest BCUT2D eigenvalue weighted by Crippen LogP contribution is -2.03. The van der Waals surface area contributed by atoms with Crippen LogP contribution in [0.25, 0.3) is 0 Å². The van der Waals surface area contributed by atoms with Crippen molar-refractivity contribution in [1.82, 2.24) is 9.97 Å². The van der Waals surface area contributed by atoms with Gasteiger partial charge in [0.05, 0.1) is 0 Å². The van der Waals surface area contributed by atoms with E-state index in [4.69, 9.17) is 16.3 Å². The number of halogens is 1. The number of aromatic nitrogens is 2. The lowest BCUT2D eigenvalue weighted by Gasteiger charge is -2.10. The van der Waals surface area contributed by atoms with Crippen molar-refractivity contribution < 1.29 is 4.74 Å². The number of anilines is 2. The van der Waals surface area contributed by atoms with Crippen molar-refractivity contribution in [2.45, 2.75) is 20.5 Å². The molecule has 0 fully saturated rings. The van der Waals surface area contributed by atoms with E-state index in [1.807, 2.05) is 38.1 Å². The molecule has 0 saturated carbocycles. The van der Waals surface area contributed by atoms with Gasteiger partial charge in [0.15, 0.2) is 5.82 Å². The third-order valence-corrected chi connectivity index (χ3v) is 2.78. The van der Waals surface area contributed by atoms with Gasteiger partial charge in [-0.2, -0.15) is 0 Å². The molecular formula is C14H16ClN3O. The fourth-order valence-electron chi connectivity index (χ4n) is 1.64. The Balaban J connectivity index is 2.20. The standard InChI is InChI=1S/C14H16ClN3O/c1-3-19-9-14-17-12(15)8-13(18-14)16-11-7-5-4-6-10(11)2/h4-8H,3,9H2,1-2H3,(H,16,17,18). The van der Waals surface area contributed by atoms with Gasteiger partial charge in [0.2, 0.25) is 0 Å². The van der Waals surface area contributed by atoms with Gasteiger partial charge < -0.3 is 10.1 Å². The van der Waals surface area contributed by atoms with Crippen LogP contribution in [0.15, 0.2) is 30.3 Å². The molecule has 0 amide bonds. The Kier molecular flexibility index (Phi) is 4.71. The van der Waals surface area contributed by atoms with E-state index in [1.165, 1.54) is 0 Å². The zero-order chi connectivity index (χ0) is 13.7. The summed E-state index contributed by atoms with van der Waals surface area (Å²) < 4.78 is 5.29. The molecule has 1 aromatic heterocycles. The molecule has 0 atom stereocenters. The van der Waals surface area contributed by atoms with Gasteiger partial charge in [-0.1, -0.05) is 29.8 Å². The summed E-state index contributed by atoms with van der Waals surface area (Å²) in [4.78, 5) is 8.50. The molecule has 0 saturated heterocycles. The Morgan fingerprint density at radius 1 is 1.26 bits per heavy atom. The van der Waals surface area contributed by atoms with Crippen LogP contribution >= 0.6 is 11.6 Å². The number of para-hydroxylation sites is 1. The fraction of sp³-hybridized carbons (Fsp3) is 0.286. The Morgan fingerprint density at radius 3 is 2.79 bits per heavy atom. The first-order valence-electron chi connectivity index (χ1n) is 6.13. The third kappa shape index (κ3) is 3.91. The maximum Gasteiger partial charge on any atom is 0.158 e. The van der Waals surface area contributed by atoms with Gasteiger partial charge >= 0.3 is 0 Å². The number of aryl methyl sites for hydroxylation is 1. The van der Waals surface area contributed by atoms with E-state index >= 15 is 0 Å². The topological polar surface area (TPSA) is 47.0 Å². The predicted molar refractivity (Wildman–Crippen MR) is 76.8 cm³/mol. The van der Waals surface area contributed by atoms with Crippen LogP contribution in [0.4, 0.5) is 11.5 Å². The highest BCUT2D eigenvalue weighted by molar-refractivity contribution is 6.29. The lowest BCUT2D eigenvalue weighted by molar-refractivity contribution is 0.128. The molecule has 1 N–H and O–H groups in total. The van der Waals surface area contributed by atoms with Crippen LogP contribution in [0.2, 0.25) is 5.15 Å². The van der Waals surface area contributed by atoms with E-state index in [0.717, 1.165) is 11.3 Å². The van der Waals surface area contributed by atoms with E-state index in [1.54, 1.807) is 6.07 Å². The molecule has 2 rings (SSSR count). The van der Waals surface area contributed by atoms with Gasteiger partial charge in [0.1, 0.15) is 17.6 Å². The average molecular weight is 278 g/mol. The number of nitrogens with one attached hydrogen (secondary N) is 1. The van der Waals surface area contributed by atoms with Crippen molar-refractivity contribution in [3.63, 3.8) is 0 Å². The van der Waals surface area contributed by atoms with Gasteiger partial charge in [-0.25, -0.2) is 9.97 Å². The van der Waals surface area contributed by atoms with Crippen LogP contribution in [0.5, 0.6) is 0 Å². The SMILES string of the molecule is CCOCc1nc(Cl)cc(Nc2ccccc2C)n1. The summed E-state index contributed by atoms with van der Waals surface area (Å²) in [5.41, 5.74) is 2.14. The highest BCUT2D eigenvalue weighted by Crippen LogP contribution is 2.20. The number of nitrogens with zero attached hydrogens (tertiary/aromatic N) is 2. The smallest absolute Gasteiger partial charge is 0.158 e. The van der Waals surface area contributed by atoms with Gasteiger partial charge in [0.25, 0.3) is 0 Å². The van der Waals surface area contributed by atoms with Crippen LogP contribution < -0.4 is 5.32 Å². The summed E-state index contributed by atoms with van der Waals surface area (Å²) in [5, 5.41) is 3.64. The largest absolute Gasteiger partial charge is 0.374 e. The average Bonchev–Trinajstić information content (AvgIpc) is 2.38. The van der Waals surface area contributed by atoms with Crippen molar-refractivity contribution in [2.24, 2.45) is 0 Å². The van der Waals surface area contributed by atoms with Crippen LogP contribution in [0.3, 0.4) is 0 Å². The number of benzene rings is 1. The van der Waals surface area contributed by atoms with Gasteiger partial charge in [-0.3, -0.25) is 0 Å². The second kappa shape index (κ2) is 6.50. The minimum absolute atomic E-state index is 0.361. The lowest BCUT2D eigenvalue weighted by atomic mass is 10.2. The Labute approximate surface area is 117 Å². The monoisotopic (exact) mass is 277 g/mol. The second-order valence-electron chi connectivity index (χ2n) is 4.07. The van der Waals surface area contributed by atoms with Gasteiger partial charge in [-0.15, -0.1) is 0 Å². The molecule has 0 aliphatic carbocycles. The molecule has 1 heterocycles. The van der Waals surface area contributed by atoms with E-state index in [9.17, 15) is 0 Å². The van der Waals surface area contributed by atoms with Crippen LogP contribution in [0, 0.1) is 6.92 Å². The normalized spacial score (nSPS) is 10.5. The minimum atomic E-state index is 0.361. The maximum atomic E-state index is 5.99. The molecule has 0 unspecified atom stereocenters. The molecule has 1 aromatic carbocycles. The molecule has 2 aromatic rings. The molecule has 4 nitrogen and oxygen atoms in total. The van der Waals surface area contributed by atoms with Crippen LogP contribution in [0.1, 0.15) is 18.3 Å². The molecule has 0 radical (unpaired) electrons. The van der Waals surface area contributed by atoms with Crippen molar-refractivity contribution in [1.29, 1.82) is 0 Å². The molecule has 5 heteroatoms. The highest BCUT2D eigenvalue weighted by atomic mass is 35.5. The van der Waals surface area contributed by atoms with E-state index < -0.39 is 0 Å². The van der Waals surface area contributed by atoms with E-state index in [2.05, 4.69) is 15.3 Å². The highest BCUT2D eigenvalue weighted by Gasteiger charge is 2.05. The molecule has 0 bridgehead atoms. The maximum absolute atomic E-state index is 5.99. The Morgan fingerprint density at radius 2 is 2.05 bits per heavy atom. The molecule has 0 aliphatic rings. The van der Waals surface area contributed by atoms with E-state index in [0.29, 0.717) is 30.0 Å². The van der Waals surface area contributed by atoms with Crippen LogP contribution in [-0.4, -0.2) is 16.6 Å². The Hall–Kier alpha value is -1.65. The van der Waals surface area contributed by atoms with Crippen LogP contribution in [-0.2, 0) is 11.3 Å². The molecular weight excluding hydrogens is 262 g/mol. The summed E-state index contributed by atoms with van der Waals surface area (Å²) in [6.07, 6.45) is 0. The number of rotatable bonds is 5. The third-order valence-electron chi connectivity index (χ3n) is 2.58. The van der Waals surface area contributed by atoms with Gasteiger partial charge in [-0.05, 0) is 25.5 Å². The zero-order valence-corrected chi connectivity index (χ0v) is 11.7. The van der Waals surface area contributed by atoms with Crippen molar-refractivity contribution in [3.05, 3.63) is 46.9 Å². The van der Waals surface area contributed by atoms with Crippen molar-refractivity contribution in [3.8, 4) is 0 Å². The van der Waals surface area contributed by atoms with Crippen molar-refractivity contribution in [2.75, 3.05) is 11.9 Å². The van der Waals surface area contributed by atoms with Crippen molar-refractivity contribution >= 4 is 23.1 Å². The summed E-state index contributed by atoms with van der Waals surface area (Å²) in [6, 6.07) is 9.69. The predicted octanol–water partition coefficient (Wildman–Crippen LogP) is 3.72. The number of hydrogen-bond donors (Lipinski definition) is 1. The Bertz CT molecular complexity index is 560. The summed E-state index contributed by atoms with van der Waals surface area (Å²) in [7, 11) is 0. The van der Waals surface area contributed by atoms with E-state index in [-0.39, 0.29) is 0 Å². The number of ether oxygens (including phenoxy) is 1. The zero-order valence-electron chi connectivity index (χ0n) is 11.0. The molecule has 0 aliphatic heterocycles. The van der Waals surface area contributed by atoms with Gasteiger partial charge in [0, 0.05) is 18.4 Å². The molecule has 0 spiro atoms. The first kappa shape index (κ1) is 13.8. The molecule has 100 valence electrons. The quantitative estimate of drug-likeness (QED) is 0.846. The first-order valence-corrected chi connectivity index (χ1v) is 6.50. The summed E-state index contributed by atoms with van der Waals surface area (Å²) in [5.74, 6) is 1.24. The molecule has 19 heavy (non-hydrogen) atoms. The summed E-state index contributed by atoms with van der Waals surface area (Å²) >= 11 is 5.99. The fourth-order valence-corrected chi connectivity index (χ4v) is 1.84. The first-order chi connectivity index (χ1) is 9.19. The second-order valence-corrected chi connectivity index (χ2v) is 4.46. The summed E-state index contributed by atoms with van der Waals surface area (Å²) in [6.45, 7) is 4.94. The number of hydrogen-bond acceptors (Lipinski definition) is 4.